The molecule has 1 saturated heterocycles. The van der Waals surface area contributed by atoms with E-state index in [1.54, 1.807) is 18.9 Å². The normalized spacial score (nSPS) is 19.1. The van der Waals surface area contributed by atoms with E-state index in [9.17, 15) is 4.79 Å². The van der Waals surface area contributed by atoms with E-state index in [-0.39, 0.29) is 18.3 Å². The molecular weight excluding hydrogens is 368 g/mol. The molecule has 2 atom stereocenters. The summed E-state index contributed by atoms with van der Waals surface area (Å²) in [5.74, 6) is 2.12. The van der Waals surface area contributed by atoms with Gasteiger partial charge >= 0.3 is 0 Å². The lowest BCUT2D eigenvalue weighted by molar-refractivity contribution is -0.127. The molecular formula is C20H25ClN2O2S. The highest BCUT2D eigenvalue weighted by Gasteiger charge is 2.34. The maximum atomic E-state index is 12.6. The second kappa shape index (κ2) is 9.86. The smallest absolute Gasteiger partial charge is 0.232 e. The van der Waals surface area contributed by atoms with Gasteiger partial charge in [-0.15, -0.1) is 24.2 Å². The van der Waals surface area contributed by atoms with E-state index in [2.05, 4.69) is 12.1 Å². The molecule has 1 fully saturated rings. The maximum Gasteiger partial charge on any atom is 0.232 e. The number of carbonyl (C=O) groups is 1. The van der Waals surface area contributed by atoms with E-state index >= 15 is 0 Å². The van der Waals surface area contributed by atoms with Crippen LogP contribution in [-0.2, 0) is 4.79 Å². The molecule has 1 aliphatic heterocycles. The molecule has 0 saturated carbocycles. The lowest BCUT2D eigenvalue weighted by atomic mass is 9.89. The van der Waals surface area contributed by atoms with Gasteiger partial charge in [-0.2, -0.15) is 0 Å². The fraction of sp³-hybridized carbons (Fsp3) is 0.350. The number of rotatable bonds is 6. The zero-order valence-corrected chi connectivity index (χ0v) is 16.5. The number of nitrogens with zero attached hydrogens (tertiary/aromatic N) is 1. The van der Waals surface area contributed by atoms with E-state index < -0.39 is 0 Å². The van der Waals surface area contributed by atoms with Gasteiger partial charge in [-0.25, -0.2) is 0 Å². The van der Waals surface area contributed by atoms with Gasteiger partial charge < -0.3 is 15.4 Å². The van der Waals surface area contributed by atoms with Crippen molar-refractivity contribution >= 4 is 30.1 Å². The first-order valence-electron chi connectivity index (χ1n) is 8.51. The van der Waals surface area contributed by atoms with E-state index in [4.69, 9.17) is 10.5 Å². The topological polar surface area (TPSA) is 55.6 Å². The minimum Gasteiger partial charge on any atom is -0.497 e. The molecule has 0 aliphatic carbocycles. The fourth-order valence-electron chi connectivity index (χ4n) is 3.30. The van der Waals surface area contributed by atoms with Crippen molar-refractivity contribution in [3.05, 3.63) is 60.2 Å². The van der Waals surface area contributed by atoms with Crippen LogP contribution in [-0.4, -0.2) is 43.3 Å². The van der Waals surface area contributed by atoms with Crippen LogP contribution in [0.25, 0.3) is 0 Å². The third kappa shape index (κ3) is 4.93. The van der Waals surface area contributed by atoms with E-state index in [1.807, 2.05) is 47.4 Å². The van der Waals surface area contributed by atoms with E-state index in [1.165, 1.54) is 5.56 Å². The van der Waals surface area contributed by atoms with Gasteiger partial charge in [0.2, 0.25) is 5.91 Å². The predicted octanol–water partition coefficient (Wildman–Crippen LogP) is 3.41. The number of amides is 1. The Hall–Kier alpha value is -1.69. The van der Waals surface area contributed by atoms with Gasteiger partial charge in [0.15, 0.2) is 0 Å². The molecule has 0 unspecified atom stereocenters. The summed E-state index contributed by atoms with van der Waals surface area (Å²) < 4.78 is 5.16. The van der Waals surface area contributed by atoms with Gasteiger partial charge in [-0.3, -0.25) is 4.79 Å². The number of methoxy groups -OCH3 is 1. The Morgan fingerprint density at radius 2 is 1.85 bits per heavy atom. The summed E-state index contributed by atoms with van der Waals surface area (Å²) in [5, 5.41) is 0. The lowest BCUT2D eigenvalue weighted by Gasteiger charge is -2.16. The number of nitrogens with two attached hydrogens (primary N) is 1. The van der Waals surface area contributed by atoms with E-state index in [0.29, 0.717) is 24.1 Å². The average molecular weight is 393 g/mol. The lowest BCUT2D eigenvalue weighted by Crippen LogP contribution is -2.31. The highest BCUT2D eigenvalue weighted by atomic mass is 35.5. The number of ether oxygens (including phenoxy) is 1. The van der Waals surface area contributed by atoms with Gasteiger partial charge in [-0.1, -0.05) is 30.3 Å². The fourth-order valence-corrected chi connectivity index (χ4v) is 4.10. The van der Waals surface area contributed by atoms with Crippen molar-refractivity contribution < 1.29 is 9.53 Å². The van der Waals surface area contributed by atoms with Crippen molar-refractivity contribution in [3.63, 3.8) is 0 Å². The molecule has 26 heavy (non-hydrogen) atoms. The molecule has 6 heteroatoms. The van der Waals surface area contributed by atoms with Crippen LogP contribution < -0.4 is 10.5 Å². The first kappa shape index (κ1) is 20.6. The quantitative estimate of drug-likeness (QED) is 0.765. The Bertz CT molecular complexity index is 697. The molecule has 2 N–H and O–H groups in total. The minimum absolute atomic E-state index is 0. The van der Waals surface area contributed by atoms with Crippen molar-refractivity contribution in [2.24, 2.45) is 11.7 Å². The number of halogens is 1. The van der Waals surface area contributed by atoms with E-state index in [0.717, 1.165) is 23.7 Å². The summed E-state index contributed by atoms with van der Waals surface area (Å²) in [6, 6.07) is 18.2. The monoisotopic (exact) mass is 392 g/mol. The number of thioether (sulfide) groups is 1. The molecule has 0 aromatic heterocycles. The third-order valence-corrected chi connectivity index (χ3v) is 5.74. The van der Waals surface area contributed by atoms with Crippen molar-refractivity contribution in [2.45, 2.75) is 10.8 Å². The molecule has 2 aromatic carbocycles. The van der Waals surface area contributed by atoms with Crippen molar-refractivity contribution in [2.75, 3.05) is 32.5 Å². The van der Waals surface area contributed by atoms with Gasteiger partial charge in [0.25, 0.3) is 0 Å². The van der Waals surface area contributed by atoms with Gasteiger partial charge in [-0.05, 0) is 42.3 Å². The van der Waals surface area contributed by atoms with Crippen molar-refractivity contribution in [3.8, 4) is 5.75 Å². The molecule has 140 valence electrons. The van der Waals surface area contributed by atoms with Crippen LogP contribution in [0.4, 0.5) is 0 Å². The molecule has 1 aliphatic rings. The third-order valence-electron chi connectivity index (χ3n) is 4.75. The van der Waals surface area contributed by atoms with Crippen molar-refractivity contribution in [1.82, 2.24) is 4.90 Å². The summed E-state index contributed by atoms with van der Waals surface area (Å²) in [4.78, 5) is 15.7. The van der Waals surface area contributed by atoms with Gasteiger partial charge in [0.1, 0.15) is 5.75 Å². The molecule has 3 rings (SSSR count). The minimum atomic E-state index is 0. The number of carbonyl (C=O) groups excluding carboxylic acids is 1. The van der Waals surface area contributed by atoms with Gasteiger partial charge in [0.05, 0.1) is 12.9 Å². The van der Waals surface area contributed by atoms with Crippen LogP contribution in [0.2, 0.25) is 0 Å². The number of hydrogen-bond donors (Lipinski definition) is 1. The van der Waals surface area contributed by atoms with Crippen LogP contribution in [0, 0.1) is 5.92 Å². The number of benzene rings is 2. The van der Waals surface area contributed by atoms with Crippen LogP contribution in [0.3, 0.4) is 0 Å². The molecule has 1 heterocycles. The Balaban J connectivity index is 0.00000243. The average Bonchev–Trinajstić information content (AvgIpc) is 3.12. The maximum absolute atomic E-state index is 12.6. The summed E-state index contributed by atoms with van der Waals surface area (Å²) in [6.07, 6.45) is 0. The Morgan fingerprint density at radius 3 is 2.46 bits per heavy atom. The second-order valence-electron chi connectivity index (χ2n) is 6.28. The number of likely N-dealkylation sites (tertiary alicyclic amines) is 1. The van der Waals surface area contributed by atoms with Crippen LogP contribution in [0.5, 0.6) is 5.75 Å². The van der Waals surface area contributed by atoms with Crippen molar-refractivity contribution in [1.29, 1.82) is 0 Å². The molecule has 2 aromatic rings. The predicted molar refractivity (Wildman–Crippen MR) is 109 cm³/mol. The second-order valence-corrected chi connectivity index (χ2v) is 7.32. The Kier molecular flexibility index (Phi) is 7.82. The zero-order valence-electron chi connectivity index (χ0n) is 14.8. The van der Waals surface area contributed by atoms with Gasteiger partial charge in [0, 0.05) is 23.9 Å². The standard InChI is InChI=1S/C20H24N2O2S.ClH/c1-24-17-7-9-18(10-8-17)25-14-20(23)22-12-16(11-21)19(13-22)15-5-3-2-4-6-15;/h2-10,16,19H,11-14,21H2,1H3;1H/t16-,19+;/m1./s1. The van der Waals surface area contributed by atoms with Crippen LogP contribution in [0.15, 0.2) is 59.5 Å². The zero-order chi connectivity index (χ0) is 17.6. The molecule has 0 bridgehead atoms. The van der Waals surface area contributed by atoms with Crippen LogP contribution >= 0.6 is 24.2 Å². The molecule has 0 radical (unpaired) electrons. The SMILES string of the molecule is COc1ccc(SCC(=O)N2C[C@@H](CN)[C@H](c3ccccc3)C2)cc1.Cl. The summed E-state index contributed by atoms with van der Waals surface area (Å²) in [5.41, 5.74) is 7.24. The first-order valence-corrected chi connectivity index (χ1v) is 9.49. The molecule has 0 spiro atoms. The summed E-state index contributed by atoms with van der Waals surface area (Å²) >= 11 is 1.56. The highest BCUT2D eigenvalue weighted by molar-refractivity contribution is 8.00. The largest absolute Gasteiger partial charge is 0.497 e. The Morgan fingerprint density at radius 1 is 1.15 bits per heavy atom. The van der Waals surface area contributed by atoms with Crippen LogP contribution in [0.1, 0.15) is 11.5 Å². The first-order chi connectivity index (χ1) is 12.2. The molecule has 4 nitrogen and oxygen atoms in total. The summed E-state index contributed by atoms with van der Waals surface area (Å²) in [6.45, 7) is 2.11. The molecule has 1 amide bonds. The Labute approximate surface area is 165 Å². The number of hydrogen-bond acceptors (Lipinski definition) is 4. The summed E-state index contributed by atoms with van der Waals surface area (Å²) in [7, 11) is 1.65. The highest BCUT2D eigenvalue weighted by Crippen LogP contribution is 2.32.